The first kappa shape index (κ1) is 14.3. The Kier molecular flexibility index (Phi) is 6.81. The predicted octanol–water partition coefficient (Wildman–Crippen LogP) is -2.38. The Labute approximate surface area is 92.1 Å². The van der Waals surface area contributed by atoms with Gasteiger partial charge in [0.1, 0.15) is 13.3 Å². The molecule has 2 amide bonds. The van der Waals surface area contributed by atoms with Crippen molar-refractivity contribution in [1.82, 2.24) is 10.6 Å². The molecule has 0 unspecified atom stereocenters. The molecule has 0 fully saturated rings. The van der Waals surface area contributed by atoms with Crippen LogP contribution in [0.15, 0.2) is 0 Å². The third-order valence-electron chi connectivity index (χ3n) is 1.43. The molecule has 16 heavy (non-hydrogen) atoms. The summed E-state index contributed by atoms with van der Waals surface area (Å²) < 4.78 is 4.55. The predicted molar refractivity (Wildman–Crippen MR) is 53.3 cm³/mol. The summed E-state index contributed by atoms with van der Waals surface area (Å²) in [5, 5.41) is 12.7. The third-order valence-corrected chi connectivity index (χ3v) is 1.43. The molecule has 0 aromatic rings. The molecule has 0 aliphatic heterocycles. The number of ether oxygens (including phenoxy) is 1. The lowest BCUT2D eigenvalue weighted by molar-refractivity contribution is -0.143. The lowest BCUT2D eigenvalue weighted by atomic mass is 10.3. The fourth-order valence-corrected chi connectivity index (χ4v) is 0.661. The standard InChI is InChI=1S/C8H15N3O5/c1-5(9)8(15)10-2-6(12)11-4-16-3-7(13)14/h5H,2-4,9H2,1H3,(H,10,15)(H,11,12)(H,13,14)/t5-/m0/s1. The van der Waals surface area contributed by atoms with Gasteiger partial charge in [0, 0.05) is 0 Å². The van der Waals surface area contributed by atoms with Crippen LogP contribution in [0.3, 0.4) is 0 Å². The summed E-state index contributed by atoms with van der Waals surface area (Å²) in [6.45, 7) is 0.547. The quantitative estimate of drug-likeness (QED) is 0.287. The van der Waals surface area contributed by atoms with Crippen LogP contribution in [0.1, 0.15) is 6.92 Å². The Balaban J connectivity index is 3.52. The highest BCUT2D eigenvalue weighted by molar-refractivity contribution is 5.86. The molecule has 0 radical (unpaired) electrons. The number of carbonyl (C=O) groups is 3. The number of carboxylic acid groups (broad SMARTS) is 1. The van der Waals surface area contributed by atoms with E-state index in [4.69, 9.17) is 10.8 Å². The fraction of sp³-hybridized carbons (Fsp3) is 0.625. The van der Waals surface area contributed by atoms with Crippen molar-refractivity contribution in [1.29, 1.82) is 0 Å². The van der Waals surface area contributed by atoms with Gasteiger partial charge >= 0.3 is 5.97 Å². The molecule has 5 N–H and O–H groups in total. The molecule has 0 saturated carbocycles. The normalized spacial score (nSPS) is 11.6. The van der Waals surface area contributed by atoms with E-state index < -0.39 is 30.4 Å². The lowest BCUT2D eigenvalue weighted by Crippen LogP contribution is -2.43. The van der Waals surface area contributed by atoms with E-state index in [0.717, 1.165) is 0 Å². The molecule has 8 nitrogen and oxygen atoms in total. The van der Waals surface area contributed by atoms with Crippen LogP contribution >= 0.6 is 0 Å². The zero-order valence-corrected chi connectivity index (χ0v) is 8.86. The largest absolute Gasteiger partial charge is 0.480 e. The van der Waals surface area contributed by atoms with Crippen LogP contribution in [0.25, 0.3) is 0 Å². The summed E-state index contributed by atoms with van der Waals surface area (Å²) in [6, 6.07) is -0.684. The number of carboxylic acids is 1. The van der Waals surface area contributed by atoms with E-state index in [0.29, 0.717) is 0 Å². The van der Waals surface area contributed by atoms with Gasteiger partial charge in [0.2, 0.25) is 11.8 Å². The number of rotatable bonds is 7. The van der Waals surface area contributed by atoms with E-state index in [2.05, 4.69) is 15.4 Å². The molecule has 1 atom stereocenters. The second-order valence-corrected chi connectivity index (χ2v) is 2.99. The molecule has 0 rings (SSSR count). The first-order valence-corrected chi connectivity index (χ1v) is 4.53. The van der Waals surface area contributed by atoms with Crippen molar-refractivity contribution < 1.29 is 24.2 Å². The van der Waals surface area contributed by atoms with Gasteiger partial charge < -0.3 is 26.2 Å². The topological polar surface area (TPSA) is 131 Å². The summed E-state index contributed by atoms with van der Waals surface area (Å²) in [4.78, 5) is 32.0. The van der Waals surface area contributed by atoms with Gasteiger partial charge in [0.15, 0.2) is 0 Å². The highest BCUT2D eigenvalue weighted by Gasteiger charge is 2.08. The zero-order valence-electron chi connectivity index (χ0n) is 8.86. The maximum atomic E-state index is 11.0. The highest BCUT2D eigenvalue weighted by Crippen LogP contribution is 1.75. The van der Waals surface area contributed by atoms with Crippen LogP contribution < -0.4 is 16.4 Å². The molecule has 0 saturated heterocycles. The maximum absolute atomic E-state index is 11.0. The minimum absolute atomic E-state index is 0.223. The molecule has 0 spiro atoms. The maximum Gasteiger partial charge on any atom is 0.329 e. The van der Waals surface area contributed by atoms with E-state index in [1.165, 1.54) is 6.92 Å². The van der Waals surface area contributed by atoms with Crippen LogP contribution in [0, 0.1) is 0 Å². The number of hydrogen-bond acceptors (Lipinski definition) is 5. The van der Waals surface area contributed by atoms with Crippen LogP contribution in [0.2, 0.25) is 0 Å². The molecular formula is C8H15N3O5. The molecule has 8 heteroatoms. The summed E-state index contributed by atoms with van der Waals surface area (Å²) >= 11 is 0. The van der Waals surface area contributed by atoms with Gasteiger partial charge in [-0.1, -0.05) is 0 Å². The molecule has 0 heterocycles. The van der Waals surface area contributed by atoms with Gasteiger partial charge in [0.05, 0.1) is 12.6 Å². The molecule has 0 aromatic heterocycles. The summed E-state index contributed by atoms with van der Waals surface area (Å²) in [7, 11) is 0. The Hall–Kier alpha value is -1.67. The van der Waals surface area contributed by atoms with Crippen molar-refractivity contribution >= 4 is 17.8 Å². The van der Waals surface area contributed by atoms with E-state index in [1.54, 1.807) is 0 Å². The van der Waals surface area contributed by atoms with Crippen molar-refractivity contribution in [2.24, 2.45) is 5.73 Å². The average Bonchev–Trinajstić information content (AvgIpc) is 2.20. The third kappa shape index (κ3) is 7.71. The van der Waals surface area contributed by atoms with Crippen molar-refractivity contribution in [3.05, 3.63) is 0 Å². The minimum atomic E-state index is -1.13. The minimum Gasteiger partial charge on any atom is -0.480 e. The Morgan fingerprint density at radius 1 is 1.38 bits per heavy atom. The second kappa shape index (κ2) is 7.60. The molecule has 0 aliphatic carbocycles. The molecule has 0 aromatic carbocycles. The van der Waals surface area contributed by atoms with Gasteiger partial charge in [0.25, 0.3) is 0 Å². The van der Waals surface area contributed by atoms with Crippen LogP contribution in [-0.2, 0) is 19.1 Å². The van der Waals surface area contributed by atoms with E-state index in [9.17, 15) is 14.4 Å². The SMILES string of the molecule is C[C@H](N)C(=O)NCC(=O)NCOCC(=O)O. The number of aliphatic carboxylic acids is 1. The van der Waals surface area contributed by atoms with Gasteiger partial charge in [-0.25, -0.2) is 4.79 Å². The van der Waals surface area contributed by atoms with E-state index >= 15 is 0 Å². The fourth-order valence-electron chi connectivity index (χ4n) is 0.661. The zero-order chi connectivity index (χ0) is 12.6. The summed E-state index contributed by atoms with van der Waals surface area (Å²) in [6.07, 6.45) is 0. The number of amides is 2. The highest BCUT2D eigenvalue weighted by atomic mass is 16.5. The van der Waals surface area contributed by atoms with Crippen molar-refractivity contribution in [2.45, 2.75) is 13.0 Å². The molecule has 92 valence electrons. The lowest BCUT2D eigenvalue weighted by Gasteiger charge is -2.08. The first-order valence-electron chi connectivity index (χ1n) is 4.53. The van der Waals surface area contributed by atoms with Crippen LogP contribution in [-0.4, -0.2) is 48.8 Å². The Bertz CT molecular complexity index is 266. The second-order valence-electron chi connectivity index (χ2n) is 2.99. The van der Waals surface area contributed by atoms with Gasteiger partial charge in [-0.2, -0.15) is 0 Å². The Morgan fingerprint density at radius 2 is 2.00 bits per heavy atom. The monoisotopic (exact) mass is 233 g/mol. The summed E-state index contributed by atoms with van der Waals surface area (Å²) in [5.41, 5.74) is 5.24. The molecule has 0 bridgehead atoms. The molecule has 0 aliphatic rings. The van der Waals surface area contributed by atoms with Crippen molar-refractivity contribution in [3.63, 3.8) is 0 Å². The number of nitrogens with two attached hydrogens (primary N) is 1. The van der Waals surface area contributed by atoms with Gasteiger partial charge in [-0.05, 0) is 6.92 Å². The van der Waals surface area contributed by atoms with E-state index in [-0.39, 0.29) is 13.3 Å². The van der Waals surface area contributed by atoms with Crippen LogP contribution in [0.4, 0.5) is 0 Å². The van der Waals surface area contributed by atoms with Crippen LogP contribution in [0.5, 0.6) is 0 Å². The van der Waals surface area contributed by atoms with E-state index in [1.807, 2.05) is 0 Å². The number of hydrogen-bond donors (Lipinski definition) is 4. The van der Waals surface area contributed by atoms with Gasteiger partial charge in [-0.3, -0.25) is 9.59 Å². The number of nitrogens with one attached hydrogen (secondary N) is 2. The molecular weight excluding hydrogens is 218 g/mol. The first-order chi connectivity index (χ1) is 7.43. The van der Waals surface area contributed by atoms with Gasteiger partial charge in [-0.15, -0.1) is 0 Å². The smallest absolute Gasteiger partial charge is 0.329 e. The Morgan fingerprint density at radius 3 is 2.50 bits per heavy atom. The summed E-state index contributed by atoms with van der Waals surface area (Å²) in [5.74, 6) is -2.06. The average molecular weight is 233 g/mol. The number of carbonyl (C=O) groups excluding carboxylic acids is 2. The van der Waals surface area contributed by atoms with Crippen molar-refractivity contribution in [3.8, 4) is 0 Å². The van der Waals surface area contributed by atoms with Crippen molar-refractivity contribution in [2.75, 3.05) is 19.9 Å².